The Kier molecular flexibility index (Phi) is 6.73. The number of hydrogen-bond donors (Lipinski definition) is 1. The quantitative estimate of drug-likeness (QED) is 0.769. The van der Waals surface area contributed by atoms with E-state index in [1.165, 1.54) is 0 Å². The maximum atomic E-state index is 4.49. The Morgan fingerprint density at radius 2 is 1.84 bits per heavy atom. The smallest absolute Gasteiger partial charge is 0.225 e. The zero-order valence-corrected chi connectivity index (χ0v) is 12.8. The molecule has 0 bridgehead atoms. The Morgan fingerprint density at radius 1 is 1.21 bits per heavy atom. The molecule has 0 spiro atoms. The van der Waals surface area contributed by atoms with Crippen molar-refractivity contribution >= 4 is 5.95 Å². The molecule has 0 saturated heterocycles. The van der Waals surface area contributed by atoms with Crippen LogP contribution in [0.2, 0.25) is 0 Å². The molecular formula is C14H27N5. The summed E-state index contributed by atoms with van der Waals surface area (Å²) >= 11 is 0. The van der Waals surface area contributed by atoms with Crippen LogP contribution in [0.3, 0.4) is 0 Å². The van der Waals surface area contributed by atoms with Gasteiger partial charge in [-0.3, -0.25) is 0 Å². The molecule has 1 aromatic rings. The Balaban J connectivity index is 2.70. The van der Waals surface area contributed by atoms with E-state index in [-0.39, 0.29) is 0 Å². The molecule has 19 heavy (non-hydrogen) atoms. The fourth-order valence-electron chi connectivity index (χ4n) is 2.13. The first-order valence-electron chi connectivity index (χ1n) is 7.01. The third-order valence-electron chi connectivity index (χ3n) is 3.03. The predicted octanol–water partition coefficient (Wildman–Crippen LogP) is 1.36. The van der Waals surface area contributed by atoms with Crippen molar-refractivity contribution in [2.24, 2.45) is 0 Å². The molecule has 0 aliphatic heterocycles. The summed E-state index contributed by atoms with van der Waals surface area (Å²) in [5.74, 6) is 0.817. The van der Waals surface area contributed by atoms with Crippen LogP contribution in [0.25, 0.3) is 0 Å². The average molecular weight is 265 g/mol. The van der Waals surface area contributed by atoms with Gasteiger partial charge in [0.05, 0.1) is 0 Å². The van der Waals surface area contributed by atoms with Gasteiger partial charge in [-0.15, -0.1) is 0 Å². The van der Waals surface area contributed by atoms with Gasteiger partial charge in [-0.2, -0.15) is 0 Å². The first-order chi connectivity index (χ1) is 9.08. The molecule has 5 nitrogen and oxygen atoms in total. The second kappa shape index (κ2) is 8.07. The fraction of sp³-hybridized carbons (Fsp3) is 0.714. The van der Waals surface area contributed by atoms with E-state index in [0.29, 0.717) is 6.04 Å². The van der Waals surface area contributed by atoms with Gasteiger partial charge in [0.15, 0.2) is 0 Å². The van der Waals surface area contributed by atoms with Gasteiger partial charge in [0.1, 0.15) is 0 Å². The van der Waals surface area contributed by atoms with Crippen molar-refractivity contribution < 1.29 is 0 Å². The zero-order valence-electron chi connectivity index (χ0n) is 12.8. The van der Waals surface area contributed by atoms with E-state index in [9.17, 15) is 0 Å². The van der Waals surface area contributed by atoms with Gasteiger partial charge >= 0.3 is 0 Å². The van der Waals surface area contributed by atoms with E-state index >= 15 is 0 Å². The second-order valence-corrected chi connectivity index (χ2v) is 5.07. The summed E-state index contributed by atoms with van der Waals surface area (Å²) in [4.78, 5) is 13.4. The van der Waals surface area contributed by atoms with Crippen LogP contribution in [-0.2, 0) is 6.54 Å². The van der Waals surface area contributed by atoms with Crippen LogP contribution in [0.1, 0.15) is 26.3 Å². The number of hydrogen-bond acceptors (Lipinski definition) is 5. The molecule has 0 fully saturated rings. The summed E-state index contributed by atoms with van der Waals surface area (Å²) in [6.45, 7) is 10.1. The molecule has 0 aromatic carbocycles. The van der Waals surface area contributed by atoms with Crippen molar-refractivity contribution in [3.63, 3.8) is 0 Å². The number of nitrogens with zero attached hydrogens (tertiary/aromatic N) is 4. The highest BCUT2D eigenvalue weighted by Gasteiger charge is 2.15. The maximum absolute atomic E-state index is 4.49. The van der Waals surface area contributed by atoms with E-state index < -0.39 is 0 Å². The van der Waals surface area contributed by atoms with E-state index in [4.69, 9.17) is 0 Å². The van der Waals surface area contributed by atoms with Crippen molar-refractivity contribution in [1.82, 2.24) is 20.2 Å². The van der Waals surface area contributed by atoms with Crippen LogP contribution in [0.5, 0.6) is 0 Å². The zero-order chi connectivity index (χ0) is 14.3. The van der Waals surface area contributed by atoms with E-state index in [2.05, 4.69) is 60.0 Å². The molecule has 0 radical (unpaired) electrons. The van der Waals surface area contributed by atoms with Crippen molar-refractivity contribution in [2.75, 3.05) is 38.6 Å². The molecule has 0 aliphatic rings. The van der Waals surface area contributed by atoms with Crippen molar-refractivity contribution in [3.05, 3.63) is 18.0 Å². The van der Waals surface area contributed by atoms with Crippen molar-refractivity contribution in [3.8, 4) is 0 Å². The summed E-state index contributed by atoms with van der Waals surface area (Å²) in [6, 6.07) is 0.402. The number of likely N-dealkylation sites (N-methyl/N-ethyl adjacent to an activating group) is 2. The van der Waals surface area contributed by atoms with Gasteiger partial charge in [-0.25, -0.2) is 9.97 Å². The lowest BCUT2D eigenvalue weighted by atomic mass is 10.2. The summed E-state index contributed by atoms with van der Waals surface area (Å²) in [6.07, 6.45) is 3.83. The van der Waals surface area contributed by atoms with E-state index in [1.54, 1.807) is 0 Å². The Bertz CT molecular complexity index is 349. The number of nitrogens with one attached hydrogen (secondary N) is 1. The summed E-state index contributed by atoms with van der Waals surface area (Å²) < 4.78 is 0. The highest BCUT2D eigenvalue weighted by molar-refractivity contribution is 5.31. The standard InChI is InChI=1S/C14H27N5/c1-6-15-8-13-9-16-14(17-10-13)19(7-2)12(3)11-18(4)5/h9-10,12,15H,6-8,11H2,1-5H3. The lowest BCUT2D eigenvalue weighted by Gasteiger charge is -2.30. The monoisotopic (exact) mass is 265 g/mol. The molecule has 1 heterocycles. The Morgan fingerprint density at radius 3 is 2.32 bits per heavy atom. The topological polar surface area (TPSA) is 44.3 Å². The second-order valence-electron chi connectivity index (χ2n) is 5.07. The third kappa shape index (κ3) is 5.12. The molecule has 0 saturated carbocycles. The molecule has 1 aromatic heterocycles. The normalized spacial score (nSPS) is 12.7. The lowest BCUT2D eigenvalue weighted by molar-refractivity contribution is 0.371. The number of anilines is 1. The SMILES string of the molecule is CCNCc1cnc(N(CC)C(C)CN(C)C)nc1. The van der Waals surface area contributed by atoms with Gasteiger partial charge in [0, 0.05) is 43.6 Å². The predicted molar refractivity (Wildman–Crippen MR) is 80.4 cm³/mol. The molecule has 1 atom stereocenters. The molecular weight excluding hydrogens is 238 g/mol. The van der Waals surface area contributed by atoms with Crippen LogP contribution in [0.15, 0.2) is 12.4 Å². The first-order valence-corrected chi connectivity index (χ1v) is 7.01. The molecule has 1 N–H and O–H groups in total. The largest absolute Gasteiger partial charge is 0.337 e. The Hall–Kier alpha value is -1.20. The summed E-state index contributed by atoms with van der Waals surface area (Å²) in [5, 5.41) is 3.28. The van der Waals surface area contributed by atoms with Gasteiger partial charge in [-0.1, -0.05) is 6.92 Å². The molecule has 1 rings (SSSR count). The van der Waals surface area contributed by atoms with Gasteiger partial charge < -0.3 is 15.1 Å². The van der Waals surface area contributed by atoms with Crippen molar-refractivity contribution in [1.29, 1.82) is 0 Å². The van der Waals surface area contributed by atoms with E-state index in [0.717, 1.165) is 37.7 Å². The Labute approximate surface area is 117 Å². The molecule has 5 heteroatoms. The molecule has 108 valence electrons. The highest BCUT2D eigenvalue weighted by Crippen LogP contribution is 2.11. The van der Waals surface area contributed by atoms with Gasteiger partial charge in [0.2, 0.25) is 5.95 Å². The van der Waals surface area contributed by atoms with Crippen LogP contribution < -0.4 is 10.2 Å². The maximum Gasteiger partial charge on any atom is 0.225 e. The highest BCUT2D eigenvalue weighted by atomic mass is 15.3. The van der Waals surface area contributed by atoms with Crippen LogP contribution in [0, 0.1) is 0 Å². The number of rotatable bonds is 8. The van der Waals surface area contributed by atoms with E-state index in [1.807, 2.05) is 12.4 Å². The van der Waals surface area contributed by atoms with Crippen LogP contribution in [-0.4, -0.2) is 54.6 Å². The third-order valence-corrected chi connectivity index (χ3v) is 3.03. The lowest BCUT2D eigenvalue weighted by Crippen LogP contribution is -2.41. The van der Waals surface area contributed by atoms with Crippen LogP contribution in [0.4, 0.5) is 5.95 Å². The number of aromatic nitrogens is 2. The summed E-state index contributed by atoms with van der Waals surface area (Å²) in [5.41, 5.74) is 1.13. The van der Waals surface area contributed by atoms with Crippen molar-refractivity contribution in [2.45, 2.75) is 33.4 Å². The summed E-state index contributed by atoms with van der Waals surface area (Å²) in [7, 11) is 4.18. The average Bonchev–Trinajstić information content (AvgIpc) is 2.38. The first kappa shape index (κ1) is 15.9. The minimum absolute atomic E-state index is 0.402. The molecule has 0 aliphatic carbocycles. The van der Waals surface area contributed by atoms with Crippen LogP contribution >= 0.6 is 0 Å². The van der Waals surface area contributed by atoms with Gasteiger partial charge in [0.25, 0.3) is 0 Å². The fourth-order valence-corrected chi connectivity index (χ4v) is 2.13. The molecule has 0 amide bonds. The minimum Gasteiger partial charge on any atom is -0.337 e. The minimum atomic E-state index is 0.402. The van der Waals surface area contributed by atoms with Gasteiger partial charge in [-0.05, 0) is 34.5 Å². The molecule has 1 unspecified atom stereocenters.